The molecule has 0 aromatic rings. The van der Waals surface area contributed by atoms with Gasteiger partial charge < -0.3 is 21.7 Å². The van der Waals surface area contributed by atoms with Crippen LogP contribution in [0.2, 0.25) is 0 Å². The fourth-order valence-corrected chi connectivity index (χ4v) is 2.82. The van der Waals surface area contributed by atoms with E-state index in [4.69, 9.17) is 5.73 Å². The second-order valence-electron chi connectivity index (χ2n) is 5.71. The molecule has 2 unspecified atom stereocenters. The molecule has 0 aromatic carbocycles. The average molecular weight is 358 g/mol. The Morgan fingerprint density at radius 3 is 2.54 bits per heavy atom. The van der Waals surface area contributed by atoms with E-state index in [1.165, 1.54) is 0 Å². The molecule has 1 aliphatic rings. The van der Waals surface area contributed by atoms with Gasteiger partial charge in [-0.3, -0.25) is 19.2 Å². The molecule has 24 heavy (non-hydrogen) atoms. The summed E-state index contributed by atoms with van der Waals surface area (Å²) in [6, 6.07) is -1.51. The minimum absolute atomic E-state index is 0.0220. The Bertz CT molecular complexity index is 472. The lowest BCUT2D eigenvalue weighted by molar-refractivity contribution is -0.132. The van der Waals surface area contributed by atoms with Gasteiger partial charge in [-0.2, -0.15) is 11.8 Å². The number of primary amides is 1. The first kappa shape index (κ1) is 20.3. The van der Waals surface area contributed by atoms with E-state index in [-0.39, 0.29) is 24.7 Å². The monoisotopic (exact) mass is 358 g/mol. The molecule has 0 radical (unpaired) electrons. The summed E-state index contributed by atoms with van der Waals surface area (Å²) in [6.45, 7) is 0.468. The Morgan fingerprint density at radius 2 is 1.88 bits per heavy atom. The molecule has 1 fully saturated rings. The number of carbonyl (C=O) groups excluding carboxylic acids is 4. The fourth-order valence-electron chi connectivity index (χ4n) is 2.35. The Morgan fingerprint density at radius 1 is 1.17 bits per heavy atom. The van der Waals surface area contributed by atoms with Crippen molar-refractivity contribution in [1.82, 2.24) is 16.0 Å². The van der Waals surface area contributed by atoms with E-state index < -0.39 is 23.9 Å². The van der Waals surface area contributed by atoms with Gasteiger partial charge >= 0.3 is 0 Å². The quantitative estimate of drug-likeness (QED) is 0.527. The molecule has 0 bridgehead atoms. The van der Waals surface area contributed by atoms with Crippen molar-refractivity contribution in [3.8, 4) is 0 Å². The van der Waals surface area contributed by atoms with Crippen LogP contribution in [0.15, 0.2) is 0 Å². The summed E-state index contributed by atoms with van der Waals surface area (Å²) < 4.78 is 0. The molecular formula is C15H26N4O4S. The molecule has 5 N–H and O–H groups in total. The van der Waals surface area contributed by atoms with Crippen LogP contribution in [-0.4, -0.2) is 54.3 Å². The Hall–Kier alpha value is -1.77. The number of hydrogen-bond donors (Lipinski definition) is 4. The van der Waals surface area contributed by atoms with Crippen LogP contribution in [0.4, 0.5) is 0 Å². The van der Waals surface area contributed by atoms with E-state index in [0.717, 1.165) is 0 Å². The van der Waals surface area contributed by atoms with Crippen LogP contribution >= 0.6 is 11.8 Å². The van der Waals surface area contributed by atoms with Crippen LogP contribution < -0.4 is 21.7 Å². The van der Waals surface area contributed by atoms with Crippen molar-refractivity contribution in [2.75, 3.05) is 18.6 Å². The van der Waals surface area contributed by atoms with Crippen LogP contribution in [0.3, 0.4) is 0 Å². The number of nitrogens with two attached hydrogens (primary N) is 1. The summed E-state index contributed by atoms with van der Waals surface area (Å²) >= 11 is 1.55. The molecule has 0 spiro atoms. The number of amides is 4. The maximum absolute atomic E-state index is 12.4. The van der Waals surface area contributed by atoms with E-state index in [2.05, 4.69) is 16.0 Å². The van der Waals surface area contributed by atoms with E-state index in [9.17, 15) is 19.2 Å². The van der Waals surface area contributed by atoms with Gasteiger partial charge in [0.15, 0.2) is 0 Å². The zero-order chi connectivity index (χ0) is 17.9. The van der Waals surface area contributed by atoms with Gasteiger partial charge in [-0.25, -0.2) is 0 Å². The highest BCUT2D eigenvalue weighted by Crippen LogP contribution is 2.06. The molecule has 8 nitrogen and oxygen atoms in total. The van der Waals surface area contributed by atoms with Gasteiger partial charge in [0.05, 0.1) is 0 Å². The highest BCUT2D eigenvalue weighted by molar-refractivity contribution is 7.98. The third kappa shape index (κ3) is 7.67. The number of carbonyl (C=O) groups is 4. The number of rotatable bonds is 4. The number of nitrogens with one attached hydrogen (secondary N) is 3. The van der Waals surface area contributed by atoms with Crippen LogP contribution in [-0.2, 0) is 19.2 Å². The van der Waals surface area contributed by atoms with Gasteiger partial charge in [-0.05, 0) is 37.7 Å². The second-order valence-corrected chi connectivity index (χ2v) is 6.70. The Kier molecular flexibility index (Phi) is 9.21. The normalized spacial score (nSPS) is 24.3. The van der Waals surface area contributed by atoms with Gasteiger partial charge in [0.25, 0.3) is 0 Å². The predicted molar refractivity (Wildman–Crippen MR) is 92.1 cm³/mol. The fraction of sp³-hybridized carbons (Fsp3) is 0.733. The zero-order valence-corrected chi connectivity index (χ0v) is 14.7. The lowest BCUT2D eigenvalue weighted by Gasteiger charge is -2.22. The molecule has 1 rings (SSSR count). The van der Waals surface area contributed by atoms with Gasteiger partial charge in [0.2, 0.25) is 23.6 Å². The van der Waals surface area contributed by atoms with E-state index in [0.29, 0.717) is 38.0 Å². The van der Waals surface area contributed by atoms with Gasteiger partial charge in [-0.15, -0.1) is 0 Å². The van der Waals surface area contributed by atoms with Crippen LogP contribution in [0.1, 0.15) is 38.5 Å². The minimum Gasteiger partial charge on any atom is -0.368 e. The molecule has 4 amide bonds. The van der Waals surface area contributed by atoms with Crippen molar-refractivity contribution in [2.45, 2.75) is 50.6 Å². The van der Waals surface area contributed by atoms with Gasteiger partial charge in [-0.1, -0.05) is 0 Å². The second kappa shape index (κ2) is 10.9. The lowest BCUT2D eigenvalue weighted by Crippen LogP contribution is -2.53. The lowest BCUT2D eigenvalue weighted by atomic mass is 10.1. The van der Waals surface area contributed by atoms with Crippen LogP contribution in [0.5, 0.6) is 0 Å². The number of hydrogen-bond acceptors (Lipinski definition) is 5. The molecule has 1 heterocycles. The molecule has 2 atom stereocenters. The smallest absolute Gasteiger partial charge is 0.243 e. The topological polar surface area (TPSA) is 130 Å². The molecule has 0 aliphatic carbocycles. The highest BCUT2D eigenvalue weighted by atomic mass is 32.2. The predicted octanol–water partition coefficient (Wildman–Crippen LogP) is -0.725. The van der Waals surface area contributed by atoms with Crippen molar-refractivity contribution < 1.29 is 19.2 Å². The average Bonchev–Trinajstić information content (AvgIpc) is 2.54. The summed E-state index contributed by atoms with van der Waals surface area (Å²) in [7, 11) is 0. The summed E-state index contributed by atoms with van der Waals surface area (Å²) in [5.41, 5.74) is 5.35. The minimum atomic E-state index is -0.773. The molecule has 0 saturated carbocycles. The summed E-state index contributed by atoms with van der Waals surface area (Å²) in [5, 5.41) is 8.00. The van der Waals surface area contributed by atoms with E-state index in [1.807, 2.05) is 6.26 Å². The van der Waals surface area contributed by atoms with E-state index >= 15 is 0 Å². The molecular weight excluding hydrogens is 332 g/mol. The Balaban J connectivity index is 2.81. The van der Waals surface area contributed by atoms with Crippen LogP contribution in [0, 0.1) is 0 Å². The van der Waals surface area contributed by atoms with Crippen molar-refractivity contribution in [3.05, 3.63) is 0 Å². The first-order chi connectivity index (χ1) is 11.4. The third-order valence-corrected chi connectivity index (χ3v) is 4.39. The zero-order valence-electron chi connectivity index (χ0n) is 13.9. The maximum Gasteiger partial charge on any atom is 0.243 e. The number of thioether (sulfide) groups is 1. The first-order valence-corrected chi connectivity index (χ1v) is 9.48. The SMILES string of the molecule is CSCCC1NC(=O)CCC(=O)NCCCCC(C(N)=O)NC1=O. The molecule has 0 aromatic heterocycles. The molecule has 136 valence electrons. The largest absolute Gasteiger partial charge is 0.368 e. The van der Waals surface area contributed by atoms with Gasteiger partial charge in [0, 0.05) is 19.4 Å². The standard InChI is InChI=1S/C15H26N4O4S/c1-24-9-7-11-15(23)19-10(14(16)22)4-2-3-8-17-12(20)5-6-13(21)18-11/h10-11H,2-9H2,1H3,(H2,16,22)(H,17,20)(H,18,21)(H,19,23). The van der Waals surface area contributed by atoms with Crippen LogP contribution in [0.25, 0.3) is 0 Å². The van der Waals surface area contributed by atoms with Crippen molar-refractivity contribution >= 4 is 35.4 Å². The summed E-state index contributed by atoms with van der Waals surface area (Å²) in [4.78, 5) is 47.5. The van der Waals surface area contributed by atoms with Crippen molar-refractivity contribution in [1.29, 1.82) is 0 Å². The summed E-state index contributed by atoms with van der Waals surface area (Å²) in [5.74, 6) is -0.893. The van der Waals surface area contributed by atoms with E-state index in [1.54, 1.807) is 11.8 Å². The highest BCUT2D eigenvalue weighted by Gasteiger charge is 2.25. The molecule has 1 saturated heterocycles. The Labute approximate surface area is 146 Å². The van der Waals surface area contributed by atoms with Crippen molar-refractivity contribution in [3.63, 3.8) is 0 Å². The molecule has 9 heteroatoms. The molecule has 1 aliphatic heterocycles. The van der Waals surface area contributed by atoms with Crippen molar-refractivity contribution in [2.24, 2.45) is 5.73 Å². The first-order valence-electron chi connectivity index (χ1n) is 8.08. The summed E-state index contributed by atoms with van der Waals surface area (Å²) in [6.07, 6.45) is 4.18. The maximum atomic E-state index is 12.4. The van der Waals surface area contributed by atoms with Gasteiger partial charge in [0.1, 0.15) is 12.1 Å². The third-order valence-electron chi connectivity index (χ3n) is 3.74.